The van der Waals surface area contributed by atoms with Gasteiger partial charge < -0.3 is 20.1 Å². The molecule has 1 aliphatic rings. The first-order chi connectivity index (χ1) is 12.0. The molecular weight excluding hydrogens is 320 g/mol. The minimum Gasteiger partial charge on any atom is -0.496 e. The number of aliphatic carboxylic acids is 1. The van der Waals surface area contributed by atoms with Crippen LogP contribution in [0.5, 0.6) is 5.75 Å². The van der Waals surface area contributed by atoms with Gasteiger partial charge in [-0.3, -0.25) is 9.59 Å². The van der Waals surface area contributed by atoms with Gasteiger partial charge >= 0.3 is 5.97 Å². The van der Waals surface area contributed by atoms with E-state index in [1.54, 1.807) is 7.11 Å². The summed E-state index contributed by atoms with van der Waals surface area (Å²) in [5.74, 6) is -0.422. The first-order valence-electron chi connectivity index (χ1n) is 8.75. The van der Waals surface area contributed by atoms with Crippen LogP contribution in [-0.4, -0.2) is 35.1 Å². The van der Waals surface area contributed by atoms with Crippen molar-refractivity contribution in [3.63, 3.8) is 0 Å². The normalized spacial score (nSPS) is 16.6. The van der Waals surface area contributed by atoms with Crippen LogP contribution in [0.2, 0.25) is 0 Å². The smallest absolute Gasteiger partial charge is 0.325 e. The third-order valence-corrected chi connectivity index (χ3v) is 5.00. The van der Waals surface area contributed by atoms with Crippen LogP contribution in [0.3, 0.4) is 0 Å². The molecule has 25 heavy (non-hydrogen) atoms. The van der Waals surface area contributed by atoms with Crippen LogP contribution < -0.4 is 10.1 Å². The molecule has 6 heteroatoms. The van der Waals surface area contributed by atoms with Gasteiger partial charge in [0, 0.05) is 5.39 Å². The number of fused-ring (bicyclic) bond motifs is 1. The Bertz CT molecular complexity index is 790. The van der Waals surface area contributed by atoms with E-state index in [1.165, 1.54) is 13.3 Å². The maximum atomic E-state index is 12.7. The molecule has 1 atom stereocenters. The van der Waals surface area contributed by atoms with Gasteiger partial charge in [-0.1, -0.05) is 25.3 Å². The number of H-pyrrole nitrogens is 1. The number of aromatic amines is 1. The van der Waals surface area contributed by atoms with Gasteiger partial charge in [-0.15, -0.1) is 0 Å². The molecule has 0 unspecified atom stereocenters. The second-order valence-electron chi connectivity index (χ2n) is 6.66. The lowest BCUT2D eigenvalue weighted by Gasteiger charge is -2.23. The Morgan fingerprint density at radius 1 is 1.28 bits per heavy atom. The number of rotatable bonds is 5. The predicted octanol–water partition coefficient (Wildman–Crippen LogP) is 3.43. The van der Waals surface area contributed by atoms with Crippen molar-refractivity contribution in [2.75, 3.05) is 7.11 Å². The van der Waals surface area contributed by atoms with E-state index in [1.807, 2.05) is 18.2 Å². The molecule has 134 valence electrons. The number of methoxy groups -OCH3 is 1. The minimum absolute atomic E-state index is 0.277. The lowest BCUT2D eigenvalue weighted by molar-refractivity contribution is -0.138. The summed E-state index contributed by atoms with van der Waals surface area (Å²) in [6.45, 7) is 1.46. The average Bonchev–Trinajstić information content (AvgIpc) is 3.02. The average molecular weight is 344 g/mol. The van der Waals surface area contributed by atoms with Crippen molar-refractivity contribution < 1.29 is 19.4 Å². The van der Waals surface area contributed by atoms with Gasteiger partial charge in [-0.2, -0.15) is 0 Å². The minimum atomic E-state index is -1.05. The van der Waals surface area contributed by atoms with E-state index in [-0.39, 0.29) is 11.8 Å². The molecule has 6 nitrogen and oxygen atoms in total. The maximum absolute atomic E-state index is 12.7. The quantitative estimate of drug-likeness (QED) is 0.775. The number of hydrogen-bond donors (Lipinski definition) is 3. The highest BCUT2D eigenvalue weighted by Crippen LogP contribution is 2.41. The number of carbonyl (C=O) groups is 2. The summed E-state index contributed by atoms with van der Waals surface area (Å²) >= 11 is 0. The zero-order chi connectivity index (χ0) is 18.0. The van der Waals surface area contributed by atoms with Crippen molar-refractivity contribution >= 4 is 22.8 Å². The Labute approximate surface area is 146 Å². The first kappa shape index (κ1) is 17.3. The monoisotopic (exact) mass is 344 g/mol. The van der Waals surface area contributed by atoms with Gasteiger partial charge in [0.15, 0.2) is 0 Å². The molecule has 0 bridgehead atoms. The zero-order valence-electron chi connectivity index (χ0n) is 14.6. The lowest BCUT2D eigenvalue weighted by Crippen LogP contribution is -2.39. The van der Waals surface area contributed by atoms with Gasteiger partial charge in [0.2, 0.25) is 0 Å². The van der Waals surface area contributed by atoms with E-state index >= 15 is 0 Å². The molecule has 3 rings (SSSR count). The van der Waals surface area contributed by atoms with E-state index < -0.39 is 12.0 Å². The summed E-state index contributed by atoms with van der Waals surface area (Å²) < 4.78 is 5.53. The van der Waals surface area contributed by atoms with Crippen molar-refractivity contribution in [1.29, 1.82) is 0 Å². The molecule has 1 aliphatic carbocycles. The third kappa shape index (κ3) is 3.34. The molecule has 1 heterocycles. The number of carboxylic acid groups (broad SMARTS) is 1. The van der Waals surface area contributed by atoms with E-state index in [2.05, 4.69) is 10.3 Å². The highest BCUT2D eigenvalue weighted by atomic mass is 16.5. The Balaban J connectivity index is 2.10. The van der Waals surface area contributed by atoms with Crippen LogP contribution in [0.15, 0.2) is 18.2 Å². The molecule has 1 saturated carbocycles. The van der Waals surface area contributed by atoms with Crippen LogP contribution in [-0.2, 0) is 4.79 Å². The van der Waals surface area contributed by atoms with Crippen LogP contribution in [0, 0.1) is 0 Å². The molecule has 0 saturated heterocycles. The van der Waals surface area contributed by atoms with Gasteiger partial charge in [0.25, 0.3) is 5.91 Å². The number of nitrogens with one attached hydrogen (secondary N) is 2. The molecule has 0 spiro atoms. The van der Waals surface area contributed by atoms with E-state index in [9.17, 15) is 9.59 Å². The molecule has 0 aliphatic heterocycles. The second-order valence-corrected chi connectivity index (χ2v) is 6.66. The van der Waals surface area contributed by atoms with Gasteiger partial charge in [0.05, 0.1) is 12.6 Å². The van der Waals surface area contributed by atoms with Crippen molar-refractivity contribution in [3.8, 4) is 5.75 Å². The number of hydrogen-bond acceptors (Lipinski definition) is 3. The Morgan fingerprint density at radius 2 is 2.00 bits per heavy atom. The first-order valence-corrected chi connectivity index (χ1v) is 8.75. The van der Waals surface area contributed by atoms with E-state index in [0.29, 0.717) is 5.69 Å². The molecule has 1 amide bonds. The van der Waals surface area contributed by atoms with Crippen molar-refractivity contribution in [1.82, 2.24) is 10.3 Å². The number of carbonyl (C=O) groups excluding carboxylic acids is 1. The highest BCUT2D eigenvalue weighted by Gasteiger charge is 2.28. The molecule has 1 aromatic carbocycles. The predicted molar refractivity (Wildman–Crippen MR) is 95.2 cm³/mol. The number of ether oxygens (including phenoxy) is 1. The Morgan fingerprint density at radius 3 is 2.64 bits per heavy atom. The maximum Gasteiger partial charge on any atom is 0.325 e. The van der Waals surface area contributed by atoms with Gasteiger partial charge in [-0.05, 0) is 43.4 Å². The van der Waals surface area contributed by atoms with Gasteiger partial charge in [-0.25, -0.2) is 0 Å². The SMILES string of the molecule is COc1cccc2[nH]c(C(=O)N[C@@H](C)C(=O)O)c(C3CCCCC3)c12. The second kappa shape index (κ2) is 7.17. The van der Waals surface area contributed by atoms with Crippen molar-refractivity contribution in [3.05, 3.63) is 29.5 Å². The number of aromatic nitrogens is 1. The number of carboxylic acids is 1. The molecular formula is C19H24N2O4. The van der Waals surface area contributed by atoms with E-state index in [0.717, 1.165) is 47.9 Å². The Hall–Kier alpha value is -2.50. The van der Waals surface area contributed by atoms with Crippen molar-refractivity contribution in [2.24, 2.45) is 0 Å². The van der Waals surface area contributed by atoms with Crippen LogP contribution >= 0.6 is 0 Å². The topological polar surface area (TPSA) is 91.4 Å². The summed E-state index contributed by atoms with van der Waals surface area (Å²) in [6.07, 6.45) is 5.55. The summed E-state index contributed by atoms with van der Waals surface area (Å²) in [6, 6.07) is 4.75. The summed E-state index contributed by atoms with van der Waals surface area (Å²) in [4.78, 5) is 27.0. The molecule has 3 N–H and O–H groups in total. The van der Waals surface area contributed by atoms with Crippen molar-refractivity contribution in [2.45, 2.75) is 51.0 Å². The fourth-order valence-corrected chi connectivity index (χ4v) is 3.72. The third-order valence-electron chi connectivity index (χ3n) is 5.00. The Kier molecular flexibility index (Phi) is 4.97. The summed E-state index contributed by atoms with van der Waals surface area (Å²) in [5.41, 5.74) is 2.26. The standard InChI is InChI=1S/C19H24N2O4/c1-11(19(23)24)20-18(22)17-15(12-7-4-3-5-8-12)16-13(21-17)9-6-10-14(16)25-2/h6,9-12,21H,3-5,7-8H2,1-2H3,(H,20,22)(H,23,24)/t11-/m0/s1. The van der Waals surface area contributed by atoms with Gasteiger partial charge in [0.1, 0.15) is 17.5 Å². The summed E-state index contributed by atoms with van der Waals surface area (Å²) in [5, 5.41) is 12.6. The molecule has 0 radical (unpaired) electrons. The summed E-state index contributed by atoms with van der Waals surface area (Å²) in [7, 11) is 1.62. The molecule has 1 aromatic heterocycles. The highest BCUT2D eigenvalue weighted by molar-refractivity contribution is 6.04. The van der Waals surface area contributed by atoms with E-state index in [4.69, 9.17) is 9.84 Å². The van der Waals surface area contributed by atoms with Crippen LogP contribution in [0.1, 0.15) is 61.0 Å². The number of amides is 1. The molecule has 1 fully saturated rings. The number of benzene rings is 1. The zero-order valence-corrected chi connectivity index (χ0v) is 14.6. The van der Waals surface area contributed by atoms with Crippen LogP contribution in [0.4, 0.5) is 0 Å². The van der Waals surface area contributed by atoms with Crippen LogP contribution in [0.25, 0.3) is 10.9 Å². The molecule has 2 aromatic rings. The lowest BCUT2D eigenvalue weighted by atomic mass is 9.82. The fourth-order valence-electron chi connectivity index (χ4n) is 3.72. The fraction of sp³-hybridized carbons (Fsp3) is 0.474. The largest absolute Gasteiger partial charge is 0.496 e.